The number of H-pyrrole nitrogens is 2. The standard InChI is InChI=1S/C43H48N6O2/c1-27(2)29(5)42(50)48-23-10-14-38(48)41-45-34-22-19-31(25-35(34)46-41)16-15-30-17-20-32(21-18-30)36-26-44-40(47-36)37-13-9-24-49(37)43(51)39(28(3)4)33-11-7-6-8-12-33/h6-8,11-12,17-22,25-29,37-39H,9-10,13-14,23-24H2,1-5H3,(H,44,47)(H,45,46)/t29-,37-,38-,39+/m0/s1. The lowest BCUT2D eigenvalue weighted by Crippen LogP contribution is -2.37. The minimum atomic E-state index is -0.174. The number of imidazole rings is 2. The number of carbonyl (C=O) groups is 2. The second-order valence-corrected chi connectivity index (χ2v) is 14.9. The summed E-state index contributed by atoms with van der Waals surface area (Å²) < 4.78 is 0. The number of nitrogens with one attached hydrogen (secondary N) is 2. The lowest BCUT2D eigenvalue weighted by atomic mass is 9.87. The van der Waals surface area contributed by atoms with E-state index in [1.807, 2.05) is 83.6 Å². The first-order chi connectivity index (χ1) is 24.7. The van der Waals surface area contributed by atoms with Gasteiger partial charge in [0.25, 0.3) is 0 Å². The summed E-state index contributed by atoms with van der Waals surface area (Å²) in [5.74, 6) is 9.00. The van der Waals surface area contributed by atoms with Crippen LogP contribution in [0, 0.1) is 29.6 Å². The fraction of sp³-hybridized carbons (Fsp3) is 0.395. The van der Waals surface area contributed by atoms with Crippen LogP contribution in [0.25, 0.3) is 22.3 Å². The number of benzene rings is 3. The van der Waals surface area contributed by atoms with Crippen molar-refractivity contribution in [2.24, 2.45) is 17.8 Å². The summed E-state index contributed by atoms with van der Waals surface area (Å²) in [6.45, 7) is 12.0. The first kappa shape index (κ1) is 34.3. The van der Waals surface area contributed by atoms with Gasteiger partial charge in [-0.15, -0.1) is 0 Å². The quantitative estimate of drug-likeness (QED) is 0.161. The Morgan fingerprint density at radius 3 is 2.08 bits per heavy atom. The monoisotopic (exact) mass is 680 g/mol. The summed E-state index contributed by atoms with van der Waals surface area (Å²) in [7, 11) is 0. The maximum atomic E-state index is 13.9. The molecule has 8 heteroatoms. The average molecular weight is 681 g/mol. The Morgan fingerprint density at radius 1 is 0.745 bits per heavy atom. The lowest BCUT2D eigenvalue weighted by molar-refractivity contribution is -0.137. The molecule has 51 heavy (non-hydrogen) atoms. The Labute approximate surface area is 301 Å². The van der Waals surface area contributed by atoms with Crippen LogP contribution in [0.15, 0.2) is 79.0 Å². The molecule has 2 aliphatic rings. The molecule has 4 heterocycles. The van der Waals surface area contributed by atoms with Gasteiger partial charge in [-0.2, -0.15) is 0 Å². The van der Waals surface area contributed by atoms with Crippen LogP contribution in [-0.2, 0) is 9.59 Å². The molecular formula is C43H48N6O2. The average Bonchev–Trinajstić information content (AvgIpc) is 3.96. The molecule has 2 aromatic heterocycles. The fourth-order valence-corrected chi connectivity index (χ4v) is 7.61. The van der Waals surface area contributed by atoms with Crippen molar-refractivity contribution in [3.63, 3.8) is 0 Å². The summed E-state index contributed by atoms with van der Waals surface area (Å²) in [5, 5.41) is 0. The van der Waals surface area contributed by atoms with Gasteiger partial charge in [0.15, 0.2) is 0 Å². The van der Waals surface area contributed by atoms with Crippen molar-refractivity contribution in [2.45, 2.75) is 78.3 Å². The third-order valence-electron chi connectivity index (χ3n) is 10.8. The molecule has 262 valence electrons. The van der Waals surface area contributed by atoms with Gasteiger partial charge in [0, 0.05) is 41.9 Å². The highest BCUT2D eigenvalue weighted by molar-refractivity contribution is 5.85. The van der Waals surface area contributed by atoms with Crippen molar-refractivity contribution in [2.75, 3.05) is 13.1 Å². The van der Waals surface area contributed by atoms with Gasteiger partial charge in [-0.1, -0.05) is 88.9 Å². The van der Waals surface area contributed by atoms with Gasteiger partial charge >= 0.3 is 0 Å². The third kappa shape index (κ3) is 7.08. The molecule has 2 aliphatic heterocycles. The molecule has 0 unspecified atom stereocenters. The molecule has 5 aromatic rings. The summed E-state index contributed by atoms with van der Waals surface area (Å²) in [5.41, 5.74) is 6.53. The number of carbonyl (C=O) groups excluding carboxylic acids is 2. The normalized spacial score (nSPS) is 18.7. The topological polar surface area (TPSA) is 98.0 Å². The Balaban J connectivity index is 1.03. The van der Waals surface area contributed by atoms with E-state index in [0.29, 0.717) is 5.92 Å². The molecule has 2 amide bonds. The number of hydrogen-bond acceptors (Lipinski definition) is 4. The van der Waals surface area contributed by atoms with Gasteiger partial charge < -0.3 is 19.8 Å². The third-order valence-corrected chi connectivity index (χ3v) is 10.8. The highest BCUT2D eigenvalue weighted by Gasteiger charge is 2.38. The minimum absolute atomic E-state index is 0.00857. The number of amides is 2. The van der Waals surface area contributed by atoms with E-state index in [9.17, 15) is 9.59 Å². The highest BCUT2D eigenvalue weighted by atomic mass is 16.2. The van der Waals surface area contributed by atoms with Crippen LogP contribution in [0.3, 0.4) is 0 Å². The van der Waals surface area contributed by atoms with Gasteiger partial charge in [-0.3, -0.25) is 9.59 Å². The minimum Gasteiger partial charge on any atom is -0.346 e. The van der Waals surface area contributed by atoms with Crippen LogP contribution in [-0.4, -0.2) is 54.6 Å². The van der Waals surface area contributed by atoms with Gasteiger partial charge in [-0.05, 0) is 73.4 Å². The van der Waals surface area contributed by atoms with E-state index < -0.39 is 0 Å². The van der Waals surface area contributed by atoms with Gasteiger partial charge in [0.05, 0.1) is 34.7 Å². The van der Waals surface area contributed by atoms with E-state index >= 15 is 0 Å². The number of likely N-dealkylation sites (tertiary alicyclic amines) is 2. The summed E-state index contributed by atoms with van der Waals surface area (Å²) in [6.07, 6.45) is 5.71. The van der Waals surface area contributed by atoms with Crippen LogP contribution >= 0.6 is 0 Å². The number of aromatic nitrogens is 4. The van der Waals surface area contributed by atoms with E-state index in [1.54, 1.807) is 0 Å². The number of nitrogens with zero attached hydrogens (tertiary/aromatic N) is 4. The molecule has 2 fully saturated rings. The number of rotatable bonds is 8. The largest absolute Gasteiger partial charge is 0.346 e. The molecule has 0 spiro atoms. The molecule has 4 atom stereocenters. The van der Waals surface area contributed by atoms with Crippen molar-refractivity contribution in [1.29, 1.82) is 0 Å². The summed E-state index contributed by atoms with van der Waals surface area (Å²) in [4.78, 5) is 47.9. The molecule has 2 N–H and O–H groups in total. The van der Waals surface area contributed by atoms with Crippen molar-refractivity contribution >= 4 is 22.8 Å². The Kier molecular flexibility index (Phi) is 9.82. The fourth-order valence-electron chi connectivity index (χ4n) is 7.61. The molecule has 8 nitrogen and oxygen atoms in total. The van der Waals surface area contributed by atoms with Gasteiger partial charge in [0.1, 0.15) is 11.6 Å². The van der Waals surface area contributed by atoms with E-state index in [0.717, 1.165) is 89.4 Å². The first-order valence-electron chi connectivity index (χ1n) is 18.5. The Morgan fingerprint density at radius 2 is 1.39 bits per heavy atom. The van der Waals surface area contributed by atoms with Gasteiger partial charge in [0.2, 0.25) is 11.8 Å². The second-order valence-electron chi connectivity index (χ2n) is 14.9. The number of aromatic amines is 2. The predicted octanol–water partition coefficient (Wildman–Crippen LogP) is 8.41. The molecule has 0 bridgehead atoms. The zero-order chi connectivity index (χ0) is 35.6. The molecule has 7 rings (SSSR count). The van der Waals surface area contributed by atoms with E-state index in [1.165, 1.54) is 0 Å². The smallest absolute Gasteiger partial charge is 0.230 e. The number of fused-ring (bicyclic) bond motifs is 1. The molecule has 0 saturated carbocycles. The predicted molar refractivity (Wildman–Crippen MR) is 201 cm³/mol. The van der Waals surface area contributed by atoms with E-state index in [2.05, 4.69) is 61.6 Å². The van der Waals surface area contributed by atoms with Crippen LogP contribution < -0.4 is 0 Å². The summed E-state index contributed by atoms with van der Waals surface area (Å²) >= 11 is 0. The highest BCUT2D eigenvalue weighted by Crippen LogP contribution is 2.37. The van der Waals surface area contributed by atoms with Crippen LogP contribution in [0.1, 0.15) is 107 Å². The molecule has 0 radical (unpaired) electrons. The Hall–Kier alpha value is -5.16. The van der Waals surface area contributed by atoms with Crippen molar-refractivity contribution in [3.05, 3.63) is 107 Å². The molecular weight excluding hydrogens is 633 g/mol. The van der Waals surface area contributed by atoms with E-state index in [-0.39, 0.29) is 41.7 Å². The zero-order valence-electron chi connectivity index (χ0n) is 30.3. The molecule has 0 aliphatic carbocycles. The lowest BCUT2D eigenvalue weighted by Gasteiger charge is -2.30. The second kappa shape index (κ2) is 14.6. The SMILES string of the molecule is CC(C)[C@H](C)C(=O)N1CCC[C@H]1c1nc2cc(C#Cc3ccc(-c4c[nH]c([C@@H]5CCCN5C(=O)[C@@H](c5ccccc5)C(C)C)n4)cc3)ccc2[nH]1. The molecule has 2 saturated heterocycles. The van der Waals surface area contributed by atoms with E-state index in [4.69, 9.17) is 9.97 Å². The molecule has 3 aromatic carbocycles. The summed E-state index contributed by atoms with van der Waals surface area (Å²) in [6, 6.07) is 24.2. The maximum absolute atomic E-state index is 13.9. The van der Waals surface area contributed by atoms with Crippen molar-refractivity contribution in [1.82, 2.24) is 29.7 Å². The van der Waals surface area contributed by atoms with Crippen LogP contribution in [0.5, 0.6) is 0 Å². The maximum Gasteiger partial charge on any atom is 0.230 e. The van der Waals surface area contributed by atoms with Crippen molar-refractivity contribution in [3.8, 4) is 23.1 Å². The van der Waals surface area contributed by atoms with Crippen molar-refractivity contribution < 1.29 is 9.59 Å². The zero-order valence-corrected chi connectivity index (χ0v) is 30.3. The van der Waals surface area contributed by atoms with Crippen LogP contribution in [0.4, 0.5) is 0 Å². The number of hydrogen-bond donors (Lipinski definition) is 2. The Bertz CT molecular complexity index is 2070. The van der Waals surface area contributed by atoms with Crippen LogP contribution in [0.2, 0.25) is 0 Å². The van der Waals surface area contributed by atoms with Gasteiger partial charge in [-0.25, -0.2) is 9.97 Å². The first-order valence-corrected chi connectivity index (χ1v) is 18.5.